The van der Waals surface area contributed by atoms with Gasteiger partial charge in [0.25, 0.3) is 0 Å². The Kier molecular flexibility index (Phi) is 4.48. The molecular formula is C19H18ClN5. The van der Waals surface area contributed by atoms with Gasteiger partial charge >= 0.3 is 0 Å². The van der Waals surface area contributed by atoms with Crippen molar-refractivity contribution in [3.63, 3.8) is 0 Å². The van der Waals surface area contributed by atoms with Crippen LogP contribution in [0, 0.1) is 0 Å². The summed E-state index contributed by atoms with van der Waals surface area (Å²) in [6, 6.07) is 11.8. The molecule has 1 aliphatic heterocycles. The molecule has 1 fully saturated rings. The van der Waals surface area contributed by atoms with Gasteiger partial charge in [0.05, 0.1) is 18.1 Å². The highest BCUT2D eigenvalue weighted by atomic mass is 35.5. The second-order valence-corrected chi connectivity index (χ2v) is 6.39. The molecule has 0 spiro atoms. The van der Waals surface area contributed by atoms with Gasteiger partial charge < -0.3 is 9.80 Å². The van der Waals surface area contributed by atoms with Gasteiger partial charge in [-0.2, -0.15) is 0 Å². The summed E-state index contributed by atoms with van der Waals surface area (Å²) in [7, 11) is 0. The van der Waals surface area contributed by atoms with Crippen LogP contribution in [0.5, 0.6) is 0 Å². The zero-order valence-electron chi connectivity index (χ0n) is 13.7. The molecule has 6 heteroatoms. The van der Waals surface area contributed by atoms with E-state index in [-0.39, 0.29) is 0 Å². The predicted octanol–water partition coefficient (Wildman–Crippen LogP) is 3.52. The molecule has 0 bridgehead atoms. The van der Waals surface area contributed by atoms with Crippen molar-refractivity contribution in [2.45, 2.75) is 0 Å². The molecule has 0 N–H and O–H groups in total. The lowest BCUT2D eigenvalue weighted by Crippen LogP contribution is -2.46. The fraction of sp³-hybridized carbons (Fsp3) is 0.211. The predicted molar refractivity (Wildman–Crippen MR) is 101 cm³/mol. The minimum absolute atomic E-state index is 0.722. The molecule has 0 atom stereocenters. The second-order valence-electron chi connectivity index (χ2n) is 5.95. The molecule has 0 radical (unpaired) electrons. The Balaban J connectivity index is 1.48. The third kappa shape index (κ3) is 3.56. The fourth-order valence-electron chi connectivity index (χ4n) is 3.02. The number of anilines is 2. The van der Waals surface area contributed by atoms with E-state index >= 15 is 0 Å². The summed E-state index contributed by atoms with van der Waals surface area (Å²) in [6.07, 6.45) is 7.30. The number of rotatable bonds is 3. The van der Waals surface area contributed by atoms with E-state index in [1.807, 2.05) is 42.9 Å². The Labute approximate surface area is 151 Å². The van der Waals surface area contributed by atoms with Crippen LogP contribution in [-0.2, 0) is 0 Å². The molecule has 25 heavy (non-hydrogen) atoms. The fourth-order valence-corrected chi connectivity index (χ4v) is 3.14. The standard InChI is InChI=1S/C19H18ClN5/c20-16-3-1-15(2-4-16)18-13-22-14-19(23-18)25-11-9-24(10-12-25)17-5-7-21-8-6-17/h1-8,13-14H,9-12H2. The number of nitrogens with zero attached hydrogens (tertiary/aromatic N) is 5. The third-order valence-corrected chi connectivity index (χ3v) is 4.65. The van der Waals surface area contributed by atoms with Crippen molar-refractivity contribution >= 4 is 23.1 Å². The lowest BCUT2D eigenvalue weighted by molar-refractivity contribution is 0.646. The van der Waals surface area contributed by atoms with E-state index in [1.54, 1.807) is 6.20 Å². The monoisotopic (exact) mass is 351 g/mol. The first-order valence-electron chi connectivity index (χ1n) is 8.27. The van der Waals surface area contributed by atoms with Crippen LogP contribution in [0.1, 0.15) is 0 Å². The zero-order chi connectivity index (χ0) is 17.1. The first kappa shape index (κ1) is 15.8. The largest absolute Gasteiger partial charge is 0.368 e. The van der Waals surface area contributed by atoms with Crippen LogP contribution in [0.3, 0.4) is 0 Å². The highest BCUT2D eigenvalue weighted by Gasteiger charge is 2.19. The van der Waals surface area contributed by atoms with E-state index in [0.717, 1.165) is 48.3 Å². The number of hydrogen-bond acceptors (Lipinski definition) is 5. The smallest absolute Gasteiger partial charge is 0.147 e. The van der Waals surface area contributed by atoms with Gasteiger partial charge in [-0.3, -0.25) is 9.97 Å². The van der Waals surface area contributed by atoms with E-state index in [1.165, 1.54) is 5.69 Å². The quantitative estimate of drug-likeness (QED) is 0.722. The SMILES string of the molecule is Clc1ccc(-c2cncc(N3CCN(c4ccncc4)CC3)n2)cc1. The van der Waals surface area contributed by atoms with Gasteiger partial charge in [-0.15, -0.1) is 0 Å². The molecule has 126 valence electrons. The highest BCUT2D eigenvalue weighted by molar-refractivity contribution is 6.30. The molecule has 1 aliphatic rings. The van der Waals surface area contributed by atoms with Gasteiger partial charge in [-0.25, -0.2) is 4.98 Å². The van der Waals surface area contributed by atoms with Crippen LogP contribution in [0.2, 0.25) is 5.02 Å². The summed E-state index contributed by atoms with van der Waals surface area (Å²) < 4.78 is 0. The summed E-state index contributed by atoms with van der Waals surface area (Å²) in [5, 5.41) is 0.722. The summed E-state index contributed by atoms with van der Waals surface area (Å²) >= 11 is 5.96. The van der Waals surface area contributed by atoms with Gasteiger partial charge in [0.1, 0.15) is 5.82 Å². The molecule has 0 unspecified atom stereocenters. The summed E-state index contributed by atoms with van der Waals surface area (Å²) in [5.74, 6) is 0.918. The topological polar surface area (TPSA) is 45.2 Å². The number of piperazine rings is 1. The van der Waals surface area contributed by atoms with Crippen molar-refractivity contribution in [2.24, 2.45) is 0 Å². The maximum Gasteiger partial charge on any atom is 0.147 e. The normalized spacial score (nSPS) is 14.6. The Morgan fingerprint density at radius 1 is 0.760 bits per heavy atom. The van der Waals surface area contributed by atoms with Crippen molar-refractivity contribution < 1.29 is 0 Å². The molecule has 1 saturated heterocycles. The minimum atomic E-state index is 0.722. The molecule has 0 amide bonds. The Morgan fingerprint density at radius 2 is 1.44 bits per heavy atom. The van der Waals surface area contributed by atoms with Crippen molar-refractivity contribution in [2.75, 3.05) is 36.0 Å². The van der Waals surface area contributed by atoms with Gasteiger partial charge in [0.15, 0.2) is 0 Å². The molecule has 0 aliphatic carbocycles. The van der Waals surface area contributed by atoms with Crippen molar-refractivity contribution in [3.05, 3.63) is 66.2 Å². The van der Waals surface area contributed by atoms with Crippen LogP contribution in [0.15, 0.2) is 61.2 Å². The van der Waals surface area contributed by atoms with E-state index in [9.17, 15) is 0 Å². The minimum Gasteiger partial charge on any atom is -0.368 e. The van der Waals surface area contributed by atoms with Crippen LogP contribution < -0.4 is 9.80 Å². The summed E-state index contributed by atoms with van der Waals surface area (Å²) in [6.45, 7) is 3.75. The van der Waals surface area contributed by atoms with Crippen molar-refractivity contribution in [1.82, 2.24) is 15.0 Å². The number of hydrogen-bond donors (Lipinski definition) is 0. The molecule has 5 nitrogen and oxygen atoms in total. The zero-order valence-corrected chi connectivity index (χ0v) is 14.5. The number of pyridine rings is 1. The number of aromatic nitrogens is 3. The molecule has 3 heterocycles. The summed E-state index contributed by atoms with van der Waals surface area (Å²) in [4.78, 5) is 17.9. The Morgan fingerprint density at radius 3 is 2.16 bits per heavy atom. The van der Waals surface area contributed by atoms with Crippen LogP contribution in [0.25, 0.3) is 11.3 Å². The van der Waals surface area contributed by atoms with Gasteiger partial charge in [-0.05, 0) is 24.3 Å². The molecular weight excluding hydrogens is 334 g/mol. The average Bonchev–Trinajstić information content (AvgIpc) is 2.69. The maximum atomic E-state index is 5.96. The maximum absolute atomic E-state index is 5.96. The van der Waals surface area contributed by atoms with Crippen LogP contribution in [0.4, 0.5) is 11.5 Å². The lowest BCUT2D eigenvalue weighted by atomic mass is 10.2. The lowest BCUT2D eigenvalue weighted by Gasteiger charge is -2.36. The highest BCUT2D eigenvalue weighted by Crippen LogP contribution is 2.23. The van der Waals surface area contributed by atoms with E-state index in [4.69, 9.17) is 16.6 Å². The summed E-state index contributed by atoms with van der Waals surface area (Å²) in [5.41, 5.74) is 3.11. The van der Waals surface area contributed by atoms with Gasteiger partial charge in [0, 0.05) is 54.8 Å². The Hall–Kier alpha value is -2.66. The van der Waals surface area contributed by atoms with E-state index in [2.05, 4.69) is 31.9 Å². The van der Waals surface area contributed by atoms with Crippen LogP contribution >= 0.6 is 11.6 Å². The van der Waals surface area contributed by atoms with Crippen molar-refractivity contribution in [1.29, 1.82) is 0 Å². The van der Waals surface area contributed by atoms with Gasteiger partial charge in [0.2, 0.25) is 0 Å². The van der Waals surface area contributed by atoms with Crippen LogP contribution in [-0.4, -0.2) is 41.1 Å². The average molecular weight is 352 g/mol. The Bertz CT molecular complexity index is 830. The first-order valence-corrected chi connectivity index (χ1v) is 8.65. The molecule has 2 aromatic heterocycles. The number of benzene rings is 1. The molecule has 0 saturated carbocycles. The third-order valence-electron chi connectivity index (χ3n) is 4.39. The first-order chi connectivity index (χ1) is 12.3. The second kappa shape index (κ2) is 7.07. The molecule has 1 aromatic carbocycles. The molecule has 4 rings (SSSR count). The van der Waals surface area contributed by atoms with Gasteiger partial charge in [-0.1, -0.05) is 23.7 Å². The number of halogens is 1. The van der Waals surface area contributed by atoms with E-state index in [0.29, 0.717) is 0 Å². The molecule has 3 aromatic rings. The van der Waals surface area contributed by atoms with E-state index < -0.39 is 0 Å². The van der Waals surface area contributed by atoms with Crippen molar-refractivity contribution in [3.8, 4) is 11.3 Å².